The first kappa shape index (κ1) is 15.3. The number of carboxylic acids is 1. The zero-order valence-electron chi connectivity index (χ0n) is 12.1. The molecule has 1 aromatic rings. The third kappa shape index (κ3) is 3.61. The van der Waals surface area contributed by atoms with Crippen LogP contribution in [0.5, 0.6) is 11.5 Å². The number of methoxy groups -OCH3 is 2. The molecular weight excluding hydrogens is 246 g/mol. The Kier molecular flexibility index (Phi) is 4.78. The van der Waals surface area contributed by atoms with Gasteiger partial charge in [0.1, 0.15) is 17.0 Å². The lowest BCUT2D eigenvalue weighted by Crippen LogP contribution is -2.47. The summed E-state index contributed by atoms with van der Waals surface area (Å²) >= 11 is 0. The predicted molar refractivity (Wildman–Crippen MR) is 72.7 cm³/mol. The largest absolute Gasteiger partial charge is 0.497 e. The van der Waals surface area contributed by atoms with Crippen molar-refractivity contribution in [3.63, 3.8) is 0 Å². The van der Waals surface area contributed by atoms with Gasteiger partial charge in [0, 0.05) is 12.6 Å². The predicted octanol–water partition coefficient (Wildman–Crippen LogP) is 2.00. The zero-order chi connectivity index (χ0) is 14.6. The van der Waals surface area contributed by atoms with Crippen LogP contribution in [-0.4, -0.2) is 42.8 Å². The fraction of sp³-hybridized carbons (Fsp3) is 0.500. The highest BCUT2D eigenvalue weighted by Crippen LogP contribution is 2.25. The third-order valence-corrected chi connectivity index (χ3v) is 3.31. The second kappa shape index (κ2) is 5.93. The van der Waals surface area contributed by atoms with Crippen LogP contribution in [0.4, 0.5) is 0 Å². The van der Waals surface area contributed by atoms with Crippen LogP contribution in [0.2, 0.25) is 0 Å². The lowest BCUT2D eigenvalue weighted by atomic mass is 10.0. The normalized spacial score (nSPS) is 11.5. The fourth-order valence-corrected chi connectivity index (χ4v) is 1.59. The van der Waals surface area contributed by atoms with Gasteiger partial charge in [0.05, 0.1) is 14.2 Å². The van der Waals surface area contributed by atoms with E-state index in [-0.39, 0.29) is 0 Å². The average molecular weight is 267 g/mol. The van der Waals surface area contributed by atoms with Crippen LogP contribution >= 0.6 is 0 Å². The molecule has 0 aliphatic rings. The van der Waals surface area contributed by atoms with Gasteiger partial charge in [-0.25, -0.2) is 0 Å². The van der Waals surface area contributed by atoms with Crippen LogP contribution in [0.25, 0.3) is 0 Å². The standard InChI is InChI=1S/C14H21NO4/c1-14(2,13(16)17)15(3)9-10-6-11(18-4)8-12(7-10)19-5/h6-8H,9H2,1-5H3,(H,16,17). The molecule has 0 aliphatic heterocycles. The number of carboxylic acid groups (broad SMARTS) is 1. The maximum Gasteiger partial charge on any atom is 0.323 e. The van der Waals surface area contributed by atoms with E-state index in [1.54, 1.807) is 46.1 Å². The van der Waals surface area contributed by atoms with Gasteiger partial charge in [-0.1, -0.05) is 0 Å². The molecule has 0 unspecified atom stereocenters. The van der Waals surface area contributed by atoms with Crippen molar-refractivity contribution in [3.05, 3.63) is 23.8 Å². The first-order chi connectivity index (χ1) is 8.81. The minimum atomic E-state index is -0.934. The number of rotatable bonds is 6. The fourth-order valence-electron chi connectivity index (χ4n) is 1.59. The average Bonchev–Trinajstić information content (AvgIpc) is 2.37. The monoisotopic (exact) mass is 267 g/mol. The Balaban J connectivity index is 2.96. The van der Waals surface area contributed by atoms with Gasteiger partial charge in [-0.05, 0) is 38.6 Å². The molecule has 19 heavy (non-hydrogen) atoms. The number of likely N-dealkylation sites (N-methyl/N-ethyl adjacent to an activating group) is 1. The van der Waals surface area contributed by atoms with E-state index in [4.69, 9.17) is 9.47 Å². The number of hydrogen-bond acceptors (Lipinski definition) is 4. The van der Waals surface area contributed by atoms with Crippen LogP contribution in [-0.2, 0) is 11.3 Å². The Labute approximate surface area is 113 Å². The Hall–Kier alpha value is -1.75. The minimum absolute atomic E-state index is 0.493. The van der Waals surface area contributed by atoms with Crippen molar-refractivity contribution >= 4 is 5.97 Å². The molecule has 0 bridgehead atoms. The van der Waals surface area contributed by atoms with Gasteiger partial charge in [-0.2, -0.15) is 0 Å². The van der Waals surface area contributed by atoms with E-state index in [1.165, 1.54) is 0 Å². The van der Waals surface area contributed by atoms with Crippen molar-refractivity contribution in [2.24, 2.45) is 0 Å². The molecule has 0 saturated carbocycles. The topological polar surface area (TPSA) is 59.0 Å². The Bertz CT molecular complexity index is 435. The van der Waals surface area contributed by atoms with E-state index in [1.807, 2.05) is 12.1 Å². The molecule has 0 atom stereocenters. The summed E-state index contributed by atoms with van der Waals surface area (Å²) in [5, 5.41) is 9.20. The van der Waals surface area contributed by atoms with Crippen LogP contribution < -0.4 is 9.47 Å². The second-order valence-electron chi connectivity index (χ2n) is 4.94. The first-order valence-corrected chi connectivity index (χ1v) is 5.98. The third-order valence-electron chi connectivity index (χ3n) is 3.31. The molecule has 5 heteroatoms. The van der Waals surface area contributed by atoms with Crippen molar-refractivity contribution in [2.45, 2.75) is 25.9 Å². The molecule has 5 nitrogen and oxygen atoms in total. The Morgan fingerprint density at radius 2 is 1.68 bits per heavy atom. The molecule has 0 amide bonds. The molecule has 0 radical (unpaired) electrons. The summed E-state index contributed by atoms with van der Waals surface area (Å²) in [4.78, 5) is 13.0. The molecule has 0 saturated heterocycles. The molecule has 106 valence electrons. The van der Waals surface area contributed by atoms with E-state index in [0.29, 0.717) is 18.0 Å². The van der Waals surface area contributed by atoms with Gasteiger partial charge in [-0.15, -0.1) is 0 Å². The van der Waals surface area contributed by atoms with E-state index in [0.717, 1.165) is 5.56 Å². The Morgan fingerprint density at radius 3 is 2.05 bits per heavy atom. The molecule has 0 heterocycles. The summed E-state index contributed by atoms with van der Waals surface area (Å²) in [6.07, 6.45) is 0. The van der Waals surface area contributed by atoms with Gasteiger partial charge in [0.25, 0.3) is 0 Å². The maximum absolute atomic E-state index is 11.2. The summed E-state index contributed by atoms with van der Waals surface area (Å²) in [6, 6.07) is 5.53. The summed E-state index contributed by atoms with van der Waals surface area (Å²) in [6.45, 7) is 3.84. The number of benzene rings is 1. The quantitative estimate of drug-likeness (QED) is 0.854. The van der Waals surface area contributed by atoms with Crippen LogP contribution in [0.3, 0.4) is 0 Å². The second-order valence-corrected chi connectivity index (χ2v) is 4.94. The first-order valence-electron chi connectivity index (χ1n) is 5.98. The smallest absolute Gasteiger partial charge is 0.323 e. The number of aliphatic carboxylic acids is 1. The molecule has 1 aromatic carbocycles. The van der Waals surface area contributed by atoms with E-state index < -0.39 is 11.5 Å². The van der Waals surface area contributed by atoms with E-state index in [9.17, 15) is 9.90 Å². The van der Waals surface area contributed by atoms with Crippen LogP contribution in [0, 0.1) is 0 Å². The van der Waals surface area contributed by atoms with Gasteiger partial charge in [0.2, 0.25) is 0 Å². The van der Waals surface area contributed by atoms with Crippen molar-refractivity contribution in [3.8, 4) is 11.5 Å². The maximum atomic E-state index is 11.2. The zero-order valence-corrected chi connectivity index (χ0v) is 12.1. The van der Waals surface area contributed by atoms with Gasteiger partial charge in [-0.3, -0.25) is 9.69 Å². The highest BCUT2D eigenvalue weighted by atomic mass is 16.5. The lowest BCUT2D eigenvalue weighted by molar-refractivity contribution is -0.148. The molecule has 1 N–H and O–H groups in total. The van der Waals surface area contributed by atoms with Crippen LogP contribution in [0.15, 0.2) is 18.2 Å². The van der Waals surface area contributed by atoms with Gasteiger partial charge >= 0.3 is 5.97 Å². The Morgan fingerprint density at radius 1 is 1.21 bits per heavy atom. The van der Waals surface area contributed by atoms with Crippen molar-refractivity contribution in [2.75, 3.05) is 21.3 Å². The molecule has 0 spiro atoms. The van der Waals surface area contributed by atoms with Crippen molar-refractivity contribution in [1.82, 2.24) is 4.90 Å². The highest BCUT2D eigenvalue weighted by Gasteiger charge is 2.31. The molecule has 0 aliphatic carbocycles. The highest BCUT2D eigenvalue weighted by molar-refractivity contribution is 5.77. The van der Waals surface area contributed by atoms with Crippen molar-refractivity contribution < 1.29 is 19.4 Å². The molecule has 0 fully saturated rings. The summed E-state index contributed by atoms with van der Waals surface area (Å²) in [7, 11) is 4.95. The number of hydrogen-bond donors (Lipinski definition) is 1. The summed E-state index contributed by atoms with van der Waals surface area (Å²) in [5.74, 6) is 0.525. The van der Waals surface area contributed by atoms with E-state index >= 15 is 0 Å². The summed E-state index contributed by atoms with van der Waals surface area (Å²) < 4.78 is 10.4. The van der Waals surface area contributed by atoms with E-state index in [2.05, 4.69) is 0 Å². The van der Waals surface area contributed by atoms with Crippen LogP contribution in [0.1, 0.15) is 19.4 Å². The lowest BCUT2D eigenvalue weighted by Gasteiger charge is -2.31. The number of nitrogens with zero attached hydrogens (tertiary/aromatic N) is 1. The molecule has 0 aromatic heterocycles. The number of carbonyl (C=O) groups is 1. The molecule has 1 rings (SSSR count). The summed E-state index contributed by atoms with van der Waals surface area (Å²) in [5.41, 5.74) is 0.00377. The minimum Gasteiger partial charge on any atom is -0.497 e. The van der Waals surface area contributed by atoms with Gasteiger partial charge in [0.15, 0.2) is 0 Å². The SMILES string of the molecule is COc1cc(CN(C)C(C)(C)C(=O)O)cc(OC)c1. The van der Waals surface area contributed by atoms with Crippen molar-refractivity contribution in [1.29, 1.82) is 0 Å². The number of ether oxygens (including phenoxy) is 2. The molecular formula is C14H21NO4. The van der Waals surface area contributed by atoms with Gasteiger partial charge < -0.3 is 14.6 Å².